The molecule has 0 bridgehead atoms. The van der Waals surface area contributed by atoms with Crippen molar-refractivity contribution in [3.63, 3.8) is 0 Å². The molecule has 0 saturated heterocycles. The Labute approximate surface area is 176 Å². The number of halogens is 1. The van der Waals surface area contributed by atoms with E-state index in [-0.39, 0.29) is 6.04 Å². The Kier molecular flexibility index (Phi) is 5.11. The van der Waals surface area contributed by atoms with E-state index < -0.39 is 0 Å². The second-order valence-electron chi connectivity index (χ2n) is 7.77. The van der Waals surface area contributed by atoms with Gasteiger partial charge in [0.05, 0.1) is 17.4 Å². The van der Waals surface area contributed by atoms with E-state index >= 15 is 0 Å². The fraction of sp³-hybridized carbons (Fsp3) is 0.240. The number of anilines is 1. The van der Waals surface area contributed by atoms with Crippen molar-refractivity contribution in [2.45, 2.75) is 40.2 Å². The maximum atomic E-state index is 5.13. The van der Waals surface area contributed by atoms with Crippen LogP contribution < -0.4 is 5.01 Å². The van der Waals surface area contributed by atoms with Crippen molar-refractivity contribution in [3.8, 4) is 0 Å². The molecule has 28 heavy (non-hydrogen) atoms. The van der Waals surface area contributed by atoms with E-state index in [2.05, 4.69) is 109 Å². The maximum Gasteiger partial charge on any atom is 0.0831 e. The Morgan fingerprint density at radius 1 is 0.821 bits per heavy atom. The van der Waals surface area contributed by atoms with Gasteiger partial charge >= 0.3 is 0 Å². The molecule has 0 spiro atoms. The second kappa shape index (κ2) is 7.56. The summed E-state index contributed by atoms with van der Waals surface area (Å²) >= 11 is 3.55. The number of aryl methyl sites for hydroxylation is 4. The summed E-state index contributed by atoms with van der Waals surface area (Å²) in [6.45, 7) is 8.67. The summed E-state index contributed by atoms with van der Waals surface area (Å²) in [6.07, 6.45) is 0.903. The maximum absolute atomic E-state index is 5.13. The van der Waals surface area contributed by atoms with E-state index in [0.717, 1.165) is 16.6 Å². The fourth-order valence-corrected chi connectivity index (χ4v) is 4.44. The van der Waals surface area contributed by atoms with Crippen LogP contribution in [0.4, 0.5) is 5.69 Å². The average molecular weight is 433 g/mol. The minimum absolute atomic E-state index is 0.200. The van der Waals surface area contributed by atoms with Crippen LogP contribution in [0, 0.1) is 27.7 Å². The van der Waals surface area contributed by atoms with Gasteiger partial charge < -0.3 is 0 Å². The molecule has 142 valence electrons. The first-order valence-corrected chi connectivity index (χ1v) is 10.5. The third kappa shape index (κ3) is 3.64. The molecule has 0 amide bonds. The van der Waals surface area contributed by atoms with Crippen LogP contribution in [0.25, 0.3) is 0 Å². The predicted octanol–water partition coefficient (Wildman–Crippen LogP) is 7.04. The van der Waals surface area contributed by atoms with E-state index in [1.165, 1.54) is 39.1 Å². The molecule has 3 heteroatoms. The zero-order valence-electron chi connectivity index (χ0n) is 16.8. The third-order valence-corrected chi connectivity index (χ3v) is 5.96. The quantitative estimate of drug-likeness (QED) is 0.433. The van der Waals surface area contributed by atoms with Gasteiger partial charge in [0.15, 0.2) is 0 Å². The average Bonchev–Trinajstić information content (AvgIpc) is 3.07. The Hall–Kier alpha value is -2.39. The van der Waals surface area contributed by atoms with Gasteiger partial charge in [-0.3, -0.25) is 5.01 Å². The van der Waals surface area contributed by atoms with Gasteiger partial charge in [-0.05, 0) is 68.7 Å². The monoisotopic (exact) mass is 432 g/mol. The molecule has 3 aromatic carbocycles. The van der Waals surface area contributed by atoms with Crippen molar-refractivity contribution < 1.29 is 0 Å². The molecule has 3 aromatic rings. The highest BCUT2D eigenvalue weighted by Crippen LogP contribution is 2.38. The molecule has 1 aliphatic heterocycles. The third-order valence-electron chi connectivity index (χ3n) is 5.43. The highest BCUT2D eigenvalue weighted by molar-refractivity contribution is 9.10. The Balaban J connectivity index is 1.80. The van der Waals surface area contributed by atoms with Crippen molar-refractivity contribution in [3.05, 3.63) is 98.5 Å². The van der Waals surface area contributed by atoms with E-state index in [1.807, 2.05) is 0 Å². The first kappa shape index (κ1) is 18.9. The van der Waals surface area contributed by atoms with Gasteiger partial charge in [0.1, 0.15) is 0 Å². The minimum atomic E-state index is 0.200. The van der Waals surface area contributed by atoms with Gasteiger partial charge in [-0.15, -0.1) is 0 Å². The summed E-state index contributed by atoms with van der Waals surface area (Å²) in [5.74, 6) is 0. The molecule has 0 radical (unpaired) electrons. The van der Waals surface area contributed by atoms with Crippen LogP contribution in [0.2, 0.25) is 0 Å². The number of benzene rings is 3. The number of hydrogen-bond acceptors (Lipinski definition) is 2. The number of nitrogens with zero attached hydrogens (tertiary/aromatic N) is 2. The predicted molar refractivity (Wildman–Crippen MR) is 122 cm³/mol. The number of hydrazone groups is 1. The van der Waals surface area contributed by atoms with Crippen LogP contribution in [0.5, 0.6) is 0 Å². The molecule has 0 aromatic heterocycles. The van der Waals surface area contributed by atoms with Gasteiger partial charge in [-0.2, -0.15) is 5.10 Å². The van der Waals surface area contributed by atoms with Gasteiger partial charge in [0, 0.05) is 16.5 Å². The lowest BCUT2D eigenvalue weighted by Crippen LogP contribution is -2.18. The van der Waals surface area contributed by atoms with Crippen LogP contribution in [-0.4, -0.2) is 5.71 Å². The molecule has 4 rings (SSSR count). The molecule has 0 unspecified atom stereocenters. The summed E-state index contributed by atoms with van der Waals surface area (Å²) in [7, 11) is 0. The number of hydrogen-bond donors (Lipinski definition) is 0. The highest BCUT2D eigenvalue weighted by atomic mass is 79.9. The van der Waals surface area contributed by atoms with Crippen LogP contribution in [0.1, 0.15) is 45.8 Å². The molecule has 1 atom stereocenters. The van der Waals surface area contributed by atoms with Crippen molar-refractivity contribution in [2.75, 3.05) is 5.01 Å². The Bertz CT molecular complexity index is 1010. The lowest BCUT2D eigenvalue weighted by Gasteiger charge is -2.24. The Morgan fingerprint density at radius 2 is 1.43 bits per heavy atom. The Morgan fingerprint density at radius 3 is 2.04 bits per heavy atom. The smallest absolute Gasteiger partial charge is 0.0831 e. The van der Waals surface area contributed by atoms with Crippen molar-refractivity contribution in [1.29, 1.82) is 0 Å². The van der Waals surface area contributed by atoms with Crippen LogP contribution >= 0.6 is 15.9 Å². The van der Waals surface area contributed by atoms with Crippen LogP contribution in [0.3, 0.4) is 0 Å². The van der Waals surface area contributed by atoms with Crippen LogP contribution in [-0.2, 0) is 0 Å². The van der Waals surface area contributed by atoms with Crippen molar-refractivity contribution in [2.24, 2.45) is 5.10 Å². The summed E-state index contributed by atoms with van der Waals surface area (Å²) in [5.41, 5.74) is 10.1. The molecule has 0 fully saturated rings. The zero-order chi connectivity index (χ0) is 19.8. The van der Waals surface area contributed by atoms with E-state index in [0.29, 0.717) is 0 Å². The zero-order valence-corrected chi connectivity index (χ0v) is 18.4. The SMILES string of the molecule is Cc1ccc(N2N=C(c3c(C)cc(C)cc3C)C[C@@H]2c2ccc(Br)cc2)cc1. The molecule has 2 nitrogen and oxygen atoms in total. The summed E-state index contributed by atoms with van der Waals surface area (Å²) in [6, 6.07) is 22.0. The van der Waals surface area contributed by atoms with Crippen molar-refractivity contribution in [1.82, 2.24) is 0 Å². The number of rotatable bonds is 3. The first-order valence-electron chi connectivity index (χ1n) is 9.69. The molecule has 1 aliphatic rings. The van der Waals surface area contributed by atoms with Crippen LogP contribution in [0.15, 0.2) is 70.2 Å². The van der Waals surface area contributed by atoms with Crippen molar-refractivity contribution >= 4 is 27.3 Å². The van der Waals surface area contributed by atoms with Gasteiger partial charge in [-0.1, -0.05) is 63.5 Å². The van der Waals surface area contributed by atoms with E-state index in [4.69, 9.17) is 5.10 Å². The topological polar surface area (TPSA) is 15.6 Å². The van der Waals surface area contributed by atoms with Gasteiger partial charge in [0.25, 0.3) is 0 Å². The molecular weight excluding hydrogens is 408 g/mol. The normalized spacial score (nSPS) is 16.4. The van der Waals surface area contributed by atoms with E-state index in [9.17, 15) is 0 Å². The molecule has 1 heterocycles. The molecule has 0 N–H and O–H groups in total. The molecule has 0 saturated carbocycles. The summed E-state index contributed by atoms with van der Waals surface area (Å²) in [4.78, 5) is 0. The fourth-order valence-electron chi connectivity index (χ4n) is 4.18. The molecule has 0 aliphatic carbocycles. The first-order chi connectivity index (χ1) is 13.4. The lowest BCUT2D eigenvalue weighted by molar-refractivity contribution is 0.708. The largest absolute Gasteiger partial charge is 0.257 e. The highest BCUT2D eigenvalue weighted by Gasteiger charge is 2.31. The summed E-state index contributed by atoms with van der Waals surface area (Å²) < 4.78 is 1.10. The standard InChI is InChI=1S/C25H25BrN2/c1-16-5-11-22(12-6-16)28-24(20-7-9-21(26)10-8-20)15-23(27-28)25-18(3)13-17(2)14-19(25)4/h5-14,24H,15H2,1-4H3/t24-/m1/s1. The lowest BCUT2D eigenvalue weighted by atomic mass is 9.92. The minimum Gasteiger partial charge on any atom is -0.257 e. The summed E-state index contributed by atoms with van der Waals surface area (Å²) in [5, 5.41) is 7.32. The van der Waals surface area contributed by atoms with E-state index in [1.54, 1.807) is 0 Å². The second-order valence-corrected chi connectivity index (χ2v) is 8.69. The van der Waals surface area contributed by atoms with Gasteiger partial charge in [0.2, 0.25) is 0 Å². The molecular formula is C25H25BrN2. The van der Waals surface area contributed by atoms with Gasteiger partial charge in [-0.25, -0.2) is 0 Å².